The van der Waals surface area contributed by atoms with Gasteiger partial charge in [-0.1, -0.05) is 0 Å². The van der Waals surface area contributed by atoms with E-state index in [2.05, 4.69) is 5.10 Å². The van der Waals surface area contributed by atoms with Gasteiger partial charge in [0.2, 0.25) is 0 Å². The zero-order valence-electron chi connectivity index (χ0n) is 8.44. The van der Waals surface area contributed by atoms with Crippen molar-refractivity contribution < 1.29 is 19.2 Å². The van der Waals surface area contributed by atoms with Crippen LogP contribution in [0, 0.1) is 10.1 Å². The van der Waals surface area contributed by atoms with Crippen molar-refractivity contribution in [3.05, 3.63) is 46.0 Å². The Morgan fingerprint density at radius 3 is 2.82 bits per heavy atom. The largest absolute Gasteiger partial charge is 0.476 e. The van der Waals surface area contributed by atoms with Crippen molar-refractivity contribution in [1.82, 2.24) is 9.78 Å². The Kier molecular flexibility index (Phi) is 2.61. The van der Waals surface area contributed by atoms with Crippen molar-refractivity contribution in [2.75, 3.05) is 0 Å². The fourth-order valence-corrected chi connectivity index (χ4v) is 1.27. The average Bonchev–Trinajstić information content (AvgIpc) is 2.87. The molecule has 0 bridgehead atoms. The lowest BCUT2D eigenvalue weighted by molar-refractivity contribution is -0.402. The van der Waals surface area contributed by atoms with Gasteiger partial charge in [-0.05, 0) is 12.1 Å². The summed E-state index contributed by atoms with van der Waals surface area (Å²) in [6.45, 7) is 0.140. The Balaban J connectivity index is 2.13. The molecule has 2 rings (SSSR count). The monoisotopic (exact) mass is 237 g/mol. The molecule has 0 fully saturated rings. The Morgan fingerprint density at radius 1 is 1.53 bits per heavy atom. The first-order chi connectivity index (χ1) is 8.06. The third-order valence-corrected chi connectivity index (χ3v) is 2.01. The first-order valence-corrected chi connectivity index (χ1v) is 4.56. The van der Waals surface area contributed by atoms with E-state index in [9.17, 15) is 14.9 Å². The van der Waals surface area contributed by atoms with Gasteiger partial charge in [0.15, 0.2) is 5.69 Å². The number of aromatic carboxylic acids is 1. The zero-order valence-corrected chi connectivity index (χ0v) is 8.44. The van der Waals surface area contributed by atoms with Crippen LogP contribution in [0.2, 0.25) is 0 Å². The Morgan fingerprint density at radius 2 is 2.29 bits per heavy atom. The van der Waals surface area contributed by atoms with Crippen molar-refractivity contribution in [2.24, 2.45) is 0 Å². The van der Waals surface area contributed by atoms with Gasteiger partial charge in [0.1, 0.15) is 10.7 Å². The van der Waals surface area contributed by atoms with Crippen molar-refractivity contribution >= 4 is 11.9 Å². The summed E-state index contributed by atoms with van der Waals surface area (Å²) in [5, 5.41) is 22.8. The van der Waals surface area contributed by atoms with Crippen LogP contribution in [0.25, 0.3) is 0 Å². The zero-order chi connectivity index (χ0) is 12.4. The molecule has 0 aliphatic heterocycles. The van der Waals surface area contributed by atoms with Gasteiger partial charge in [-0.2, -0.15) is 5.10 Å². The van der Waals surface area contributed by atoms with E-state index < -0.39 is 10.9 Å². The molecule has 0 saturated carbocycles. The highest BCUT2D eigenvalue weighted by Gasteiger charge is 2.13. The van der Waals surface area contributed by atoms with E-state index in [4.69, 9.17) is 9.52 Å². The van der Waals surface area contributed by atoms with Crippen molar-refractivity contribution in [3.63, 3.8) is 0 Å². The number of rotatable bonds is 4. The van der Waals surface area contributed by atoms with E-state index >= 15 is 0 Å². The van der Waals surface area contributed by atoms with Crippen LogP contribution in [0.4, 0.5) is 5.88 Å². The Bertz CT molecular complexity index is 520. The quantitative estimate of drug-likeness (QED) is 0.630. The smallest absolute Gasteiger partial charge is 0.433 e. The van der Waals surface area contributed by atoms with Crippen molar-refractivity contribution in [3.8, 4) is 0 Å². The molecule has 0 atom stereocenters. The topological polar surface area (TPSA) is 111 Å². The lowest BCUT2D eigenvalue weighted by Crippen LogP contribution is -2.03. The van der Waals surface area contributed by atoms with E-state index in [1.54, 1.807) is 0 Å². The maximum atomic E-state index is 10.6. The molecule has 0 aromatic carbocycles. The summed E-state index contributed by atoms with van der Waals surface area (Å²) in [4.78, 5) is 20.3. The number of hydrogen-bond acceptors (Lipinski definition) is 5. The molecular formula is C9H7N3O5. The second kappa shape index (κ2) is 4.08. The highest BCUT2D eigenvalue weighted by Crippen LogP contribution is 2.16. The van der Waals surface area contributed by atoms with Crippen molar-refractivity contribution in [1.29, 1.82) is 0 Å². The summed E-state index contributed by atoms with van der Waals surface area (Å²) >= 11 is 0. The number of carboxylic acids is 1. The predicted octanol–water partition coefficient (Wildman–Crippen LogP) is 1.13. The van der Waals surface area contributed by atoms with Crippen molar-refractivity contribution in [2.45, 2.75) is 6.54 Å². The number of aromatic nitrogens is 2. The molecule has 1 N–H and O–H groups in total. The van der Waals surface area contributed by atoms with Gasteiger partial charge in [0.25, 0.3) is 0 Å². The highest BCUT2D eigenvalue weighted by atomic mass is 16.6. The minimum Gasteiger partial charge on any atom is -0.476 e. The van der Waals surface area contributed by atoms with Crippen LogP contribution >= 0.6 is 0 Å². The lowest BCUT2D eigenvalue weighted by Gasteiger charge is -1.95. The Hall–Kier alpha value is -2.64. The van der Waals surface area contributed by atoms with Crippen LogP contribution in [0.1, 0.15) is 16.2 Å². The molecule has 0 aliphatic rings. The van der Waals surface area contributed by atoms with Gasteiger partial charge in [0, 0.05) is 6.20 Å². The minimum atomic E-state index is -1.13. The normalized spacial score (nSPS) is 10.4. The van der Waals surface area contributed by atoms with E-state index in [0.29, 0.717) is 5.76 Å². The van der Waals surface area contributed by atoms with Crippen LogP contribution in [0.3, 0.4) is 0 Å². The molecular weight excluding hydrogens is 230 g/mol. The van der Waals surface area contributed by atoms with Gasteiger partial charge in [-0.25, -0.2) is 4.79 Å². The van der Waals surface area contributed by atoms with Crippen LogP contribution in [-0.2, 0) is 6.54 Å². The summed E-state index contributed by atoms with van der Waals surface area (Å²) in [5.74, 6) is -1.16. The number of furan rings is 1. The highest BCUT2D eigenvalue weighted by molar-refractivity contribution is 5.85. The minimum absolute atomic E-state index is 0.0916. The molecule has 17 heavy (non-hydrogen) atoms. The molecule has 8 heteroatoms. The van der Waals surface area contributed by atoms with Gasteiger partial charge in [0.05, 0.1) is 12.6 Å². The lowest BCUT2D eigenvalue weighted by atomic mass is 10.4. The maximum absolute atomic E-state index is 10.6. The van der Waals surface area contributed by atoms with E-state index in [1.807, 2.05) is 0 Å². The third kappa shape index (κ3) is 2.30. The van der Waals surface area contributed by atoms with Crippen LogP contribution in [0.5, 0.6) is 0 Å². The van der Waals surface area contributed by atoms with Crippen LogP contribution in [0.15, 0.2) is 28.8 Å². The molecule has 0 amide bonds. The molecule has 0 saturated heterocycles. The van der Waals surface area contributed by atoms with Gasteiger partial charge >= 0.3 is 11.9 Å². The Labute approximate surface area is 94.2 Å². The maximum Gasteiger partial charge on any atom is 0.433 e. The van der Waals surface area contributed by atoms with Gasteiger partial charge in [-0.15, -0.1) is 0 Å². The van der Waals surface area contributed by atoms with E-state index in [0.717, 1.165) is 0 Å². The molecule has 0 radical (unpaired) electrons. The number of hydrogen-bond donors (Lipinski definition) is 1. The van der Waals surface area contributed by atoms with E-state index in [1.165, 1.54) is 29.1 Å². The summed E-state index contributed by atoms with van der Waals surface area (Å²) in [6.07, 6.45) is 1.46. The summed E-state index contributed by atoms with van der Waals surface area (Å²) in [6, 6.07) is 4.01. The van der Waals surface area contributed by atoms with E-state index in [-0.39, 0.29) is 18.1 Å². The second-order valence-corrected chi connectivity index (χ2v) is 3.20. The number of nitro groups is 1. The summed E-state index contributed by atoms with van der Waals surface area (Å²) in [7, 11) is 0. The number of carbonyl (C=O) groups is 1. The molecule has 2 heterocycles. The first kappa shape index (κ1) is 10.9. The average molecular weight is 237 g/mol. The third-order valence-electron chi connectivity index (χ3n) is 2.01. The molecule has 8 nitrogen and oxygen atoms in total. The van der Waals surface area contributed by atoms with Gasteiger partial charge in [-0.3, -0.25) is 14.8 Å². The predicted molar refractivity (Wildman–Crippen MR) is 53.7 cm³/mol. The molecule has 88 valence electrons. The standard InChI is InChI=1S/C9H7N3O5/c13-9(14)7-3-4-11(10-7)5-6-1-2-8(17-6)12(15)16/h1-4H,5H2,(H,13,14). The van der Waals surface area contributed by atoms with Gasteiger partial charge < -0.3 is 9.52 Å². The number of carboxylic acid groups (broad SMARTS) is 1. The first-order valence-electron chi connectivity index (χ1n) is 4.56. The fourth-order valence-electron chi connectivity index (χ4n) is 1.27. The fraction of sp³-hybridized carbons (Fsp3) is 0.111. The summed E-state index contributed by atoms with van der Waals surface area (Å²) < 4.78 is 6.24. The summed E-state index contributed by atoms with van der Waals surface area (Å²) in [5.41, 5.74) is -0.0916. The molecule has 2 aromatic heterocycles. The molecule has 0 unspecified atom stereocenters. The molecule has 2 aromatic rings. The van der Waals surface area contributed by atoms with Crippen LogP contribution < -0.4 is 0 Å². The number of nitrogens with zero attached hydrogens (tertiary/aromatic N) is 3. The molecule has 0 aliphatic carbocycles. The SMILES string of the molecule is O=C(O)c1ccn(Cc2ccc([N+](=O)[O-])o2)n1. The second-order valence-electron chi connectivity index (χ2n) is 3.20. The molecule has 0 spiro atoms. The van der Waals surface area contributed by atoms with Crippen LogP contribution in [-0.4, -0.2) is 25.8 Å².